The number of pyridine rings is 2. The minimum atomic E-state index is -5.40. The molecule has 2 aromatic carbocycles. The minimum absolute atomic E-state index is 0.0739. The van der Waals surface area contributed by atoms with Crippen LogP contribution in [0.2, 0.25) is 0 Å². The van der Waals surface area contributed by atoms with Gasteiger partial charge in [-0.25, -0.2) is 14.6 Å². The van der Waals surface area contributed by atoms with E-state index >= 15 is 0 Å². The maximum absolute atomic E-state index is 13.6. The molecule has 5 aromatic rings. The molecule has 0 unspecified atom stereocenters. The first-order chi connectivity index (χ1) is 22.9. The molecule has 0 saturated carbocycles. The van der Waals surface area contributed by atoms with Crippen LogP contribution in [-0.2, 0) is 17.5 Å². The van der Waals surface area contributed by atoms with Crippen molar-refractivity contribution < 1.29 is 40.6 Å². The van der Waals surface area contributed by atoms with Crippen LogP contribution in [0.1, 0.15) is 17.5 Å². The van der Waals surface area contributed by atoms with Gasteiger partial charge in [-0.2, -0.15) is 31.4 Å². The lowest BCUT2D eigenvalue weighted by Crippen LogP contribution is -2.38. The number of ether oxygens (including phenoxy) is 2. The third kappa shape index (κ3) is 6.97. The summed E-state index contributed by atoms with van der Waals surface area (Å²) in [6.45, 7) is 1.93. The Morgan fingerprint density at radius 2 is 1.69 bits per heavy atom. The standard InChI is InChI=1S/C32H27F6N7O3/c1-47-23-6-2-19(3-7-23)18-44-29-27(28(43-44)42-21-11-13-39-17-21)25(12-15-41-29)48-24-8-4-22(5-9-24)45(30(46)32(36,37)38)26-16-20(10-14-40-26)31(33,34)35/h2-10,12,14-16,21,39H,11,13,17-18H2,1H3,(H,42,43)/t21-/m1/s1. The van der Waals surface area contributed by atoms with Crippen molar-refractivity contribution in [1.82, 2.24) is 25.1 Å². The average molecular weight is 672 g/mol. The summed E-state index contributed by atoms with van der Waals surface area (Å²) in [5, 5.41) is 12.1. The summed E-state index contributed by atoms with van der Waals surface area (Å²) >= 11 is 0. The van der Waals surface area contributed by atoms with E-state index in [1.165, 1.54) is 18.3 Å². The molecular formula is C32H27F6N7O3. The predicted molar refractivity (Wildman–Crippen MR) is 163 cm³/mol. The van der Waals surface area contributed by atoms with Crippen molar-refractivity contribution in [2.75, 3.05) is 30.4 Å². The zero-order valence-electron chi connectivity index (χ0n) is 25.1. The third-order valence-electron chi connectivity index (χ3n) is 7.56. The third-order valence-corrected chi connectivity index (χ3v) is 7.56. The smallest absolute Gasteiger partial charge is 0.472 e. The SMILES string of the molecule is COc1ccc(Cn2nc(N[C@@H]3CCNC3)c3c(Oc4ccc(N(C(=O)C(F)(F)F)c5cc(C(F)(F)F)ccn5)cc4)ccnc32)cc1. The number of carbonyl (C=O) groups is 1. The second-order valence-corrected chi connectivity index (χ2v) is 10.8. The number of hydrogen-bond donors (Lipinski definition) is 2. The number of nitrogens with one attached hydrogen (secondary N) is 2. The molecular weight excluding hydrogens is 644 g/mol. The van der Waals surface area contributed by atoms with Crippen LogP contribution in [0.4, 0.5) is 43.7 Å². The first-order valence-electron chi connectivity index (χ1n) is 14.6. The monoisotopic (exact) mass is 671 g/mol. The largest absolute Gasteiger partial charge is 0.497 e. The summed E-state index contributed by atoms with van der Waals surface area (Å²) in [7, 11) is 1.58. The van der Waals surface area contributed by atoms with Gasteiger partial charge < -0.3 is 20.1 Å². The predicted octanol–water partition coefficient (Wildman–Crippen LogP) is 6.70. The number of fused-ring (bicyclic) bond motifs is 1. The summed E-state index contributed by atoms with van der Waals surface area (Å²) in [5.41, 5.74) is -0.198. The van der Waals surface area contributed by atoms with Crippen LogP contribution in [0.25, 0.3) is 11.0 Å². The van der Waals surface area contributed by atoms with Crippen molar-refractivity contribution in [3.63, 3.8) is 0 Å². The van der Waals surface area contributed by atoms with Crippen molar-refractivity contribution in [3.05, 3.63) is 90.3 Å². The van der Waals surface area contributed by atoms with Crippen LogP contribution in [0, 0.1) is 0 Å². The summed E-state index contributed by atoms with van der Waals surface area (Å²) < 4.78 is 93.9. The number of nitrogens with zero attached hydrogens (tertiary/aromatic N) is 5. The van der Waals surface area contributed by atoms with Gasteiger partial charge in [-0.1, -0.05) is 12.1 Å². The highest BCUT2D eigenvalue weighted by Gasteiger charge is 2.44. The zero-order valence-corrected chi connectivity index (χ0v) is 25.1. The molecule has 1 fully saturated rings. The Hall–Kier alpha value is -5.38. The lowest BCUT2D eigenvalue weighted by molar-refractivity contribution is -0.169. The molecule has 1 aliphatic heterocycles. The fraction of sp³-hybridized carbons (Fsp3) is 0.250. The Balaban J connectivity index is 1.34. The maximum Gasteiger partial charge on any atom is 0.472 e. The molecule has 0 radical (unpaired) electrons. The number of aromatic nitrogens is 4. The highest BCUT2D eigenvalue weighted by atomic mass is 19.4. The summed E-state index contributed by atoms with van der Waals surface area (Å²) in [6, 6.07) is 15.0. The number of halogens is 6. The molecule has 1 saturated heterocycles. The van der Waals surface area contributed by atoms with Crippen LogP contribution in [0.15, 0.2) is 79.1 Å². The topological polar surface area (TPSA) is 106 Å². The van der Waals surface area contributed by atoms with Crippen LogP contribution in [0.3, 0.4) is 0 Å². The van der Waals surface area contributed by atoms with E-state index in [2.05, 4.69) is 20.6 Å². The molecule has 2 N–H and O–H groups in total. The minimum Gasteiger partial charge on any atom is -0.497 e. The zero-order chi connectivity index (χ0) is 34.1. The van der Waals surface area contributed by atoms with Gasteiger partial charge in [0.15, 0.2) is 11.5 Å². The molecule has 6 rings (SSSR count). The van der Waals surface area contributed by atoms with E-state index in [9.17, 15) is 31.1 Å². The quantitative estimate of drug-likeness (QED) is 0.167. The Morgan fingerprint density at radius 1 is 0.979 bits per heavy atom. The first kappa shape index (κ1) is 32.6. The molecule has 0 spiro atoms. The van der Waals surface area contributed by atoms with E-state index in [0.717, 1.165) is 37.2 Å². The van der Waals surface area contributed by atoms with Gasteiger partial charge in [0.05, 0.1) is 24.9 Å². The van der Waals surface area contributed by atoms with E-state index in [1.807, 2.05) is 24.3 Å². The van der Waals surface area contributed by atoms with Gasteiger partial charge in [0.25, 0.3) is 0 Å². The molecule has 16 heteroatoms. The molecule has 0 bridgehead atoms. The molecule has 0 aliphatic carbocycles. The van der Waals surface area contributed by atoms with Gasteiger partial charge in [0, 0.05) is 31.0 Å². The van der Waals surface area contributed by atoms with Gasteiger partial charge in [0.1, 0.15) is 28.5 Å². The number of rotatable bonds is 9. The van der Waals surface area contributed by atoms with Gasteiger partial charge in [-0.15, -0.1) is 0 Å². The summed E-state index contributed by atoms with van der Waals surface area (Å²) in [6.07, 6.45) is -7.20. The summed E-state index contributed by atoms with van der Waals surface area (Å²) in [5.74, 6) is -1.54. The number of hydrogen-bond acceptors (Lipinski definition) is 8. The van der Waals surface area contributed by atoms with Crippen LogP contribution >= 0.6 is 0 Å². The Bertz CT molecular complexity index is 1910. The highest BCUT2D eigenvalue weighted by molar-refractivity contribution is 6.03. The number of carbonyl (C=O) groups excluding carboxylic acids is 1. The fourth-order valence-corrected chi connectivity index (χ4v) is 5.23. The van der Waals surface area contributed by atoms with Crippen molar-refractivity contribution >= 4 is 34.3 Å². The van der Waals surface area contributed by atoms with Crippen LogP contribution < -0.4 is 25.0 Å². The van der Waals surface area contributed by atoms with E-state index in [0.29, 0.717) is 53.2 Å². The van der Waals surface area contributed by atoms with E-state index < -0.39 is 29.6 Å². The molecule has 1 atom stereocenters. The number of benzene rings is 2. The average Bonchev–Trinajstić information content (AvgIpc) is 3.70. The molecule has 250 valence electrons. The Kier molecular flexibility index (Phi) is 8.83. The van der Waals surface area contributed by atoms with Gasteiger partial charge in [0.2, 0.25) is 0 Å². The molecule has 1 amide bonds. The van der Waals surface area contributed by atoms with Gasteiger partial charge in [-0.3, -0.25) is 9.69 Å². The van der Waals surface area contributed by atoms with Crippen molar-refractivity contribution in [2.24, 2.45) is 0 Å². The van der Waals surface area contributed by atoms with Crippen molar-refractivity contribution in [1.29, 1.82) is 0 Å². The Labute approximate surface area is 269 Å². The highest BCUT2D eigenvalue weighted by Crippen LogP contribution is 2.38. The van der Waals surface area contributed by atoms with Crippen molar-refractivity contribution in [2.45, 2.75) is 31.4 Å². The molecule has 10 nitrogen and oxygen atoms in total. The molecule has 3 aromatic heterocycles. The van der Waals surface area contributed by atoms with Crippen molar-refractivity contribution in [3.8, 4) is 17.2 Å². The fourth-order valence-electron chi connectivity index (χ4n) is 5.23. The lowest BCUT2D eigenvalue weighted by Gasteiger charge is -2.24. The first-order valence-corrected chi connectivity index (χ1v) is 14.6. The molecule has 4 heterocycles. The number of amides is 1. The number of methoxy groups -OCH3 is 1. The van der Waals surface area contributed by atoms with E-state index in [4.69, 9.17) is 14.6 Å². The lowest BCUT2D eigenvalue weighted by atomic mass is 10.2. The van der Waals surface area contributed by atoms with E-state index in [1.54, 1.807) is 17.9 Å². The maximum atomic E-state index is 13.6. The van der Waals surface area contributed by atoms with Gasteiger partial charge in [-0.05, 0) is 67.1 Å². The van der Waals surface area contributed by atoms with E-state index in [-0.39, 0.29) is 22.4 Å². The van der Waals surface area contributed by atoms with Crippen LogP contribution in [-0.4, -0.2) is 58.1 Å². The second-order valence-electron chi connectivity index (χ2n) is 10.8. The second kappa shape index (κ2) is 13.0. The molecule has 1 aliphatic rings. The van der Waals surface area contributed by atoms with Gasteiger partial charge >= 0.3 is 18.3 Å². The number of anilines is 3. The van der Waals surface area contributed by atoms with Crippen LogP contribution in [0.5, 0.6) is 17.2 Å². The number of alkyl halides is 6. The molecule has 48 heavy (non-hydrogen) atoms. The Morgan fingerprint density at radius 3 is 2.33 bits per heavy atom. The normalized spacial score (nSPS) is 15.0. The summed E-state index contributed by atoms with van der Waals surface area (Å²) in [4.78, 5) is 20.7.